The van der Waals surface area contributed by atoms with E-state index in [0.29, 0.717) is 0 Å². The van der Waals surface area contributed by atoms with E-state index < -0.39 is 0 Å². The highest BCUT2D eigenvalue weighted by molar-refractivity contribution is 6.13. The molecular formula is C45H31NO2. The standard InChI is InChI=1S/C45H31NO2/c1-45(2)38-16-8-6-13-33(38)34-22-19-31(27-39(34)45)46(29-20-23-41-36(25-29)35-14-7-9-17-40(35)47-41)30-21-24-42-37(26-30)44-32(15-10-18-43(44)48-42)28-11-4-3-5-12-28/h3-27H,1-2H3. The van der Waals surface area contributed by atoms with Gasteiger partial charge in [0.25, 0.3) is 0 Å². The summed E-state index contributed by atoms with van der Waals surface area (Å²) in [5.74, 6) is 0. The number of furan rings is 2. The lowest BCUT2D eigenvalue weighted by atomic mass is 9.82. The fourth-order valence-corrected chi connectivity index (χ4v) is 7.94. The molecule has 0 bridgehead atoms. The van der Waals surface area contributed by atoms with Crippen LogP contribution in [0.3, 0.4) is 0 Å². The molecular weight excluding hydrogens is 587 g/mol. The van der Waals surface area contributed by atoms with E-state index >= 15 is 0 Å². The van der Waals surface area contributed by atoms with Crippen LogP contribution in [0.25, 0.3) is 66.1 Å². The van der Waals surface area contributed by atoms with Crippen molar-refractivity contribution in [2.24, 2.45) is 0 Å². The minimum atomic E-state index is -0.117. The molecule has 0 saturated heterocycles. The average molecular weight is 618 g/mol. The van der Waals surface area contributed by atoms with E-state index in [1.165, 1.54) is 33.4 Å². The Morgan fingerprint density at radius 2 is 1.00 bits per heavy atom. The normalized spacial score (nSPS) is 13.4. The number of hydrogen-bond acceptors (Lipinski definition) is 3. The molecule has 2 aromatic heterocycles. The molecule has 0 atom stereocenters. The van der Waals surface area contributed by atoms with E-state index in [4.69, 9.17) is 8.83 Å². The zero-order valence-corrected chi connectivity index (χ0v) is 26.7. The van der Waals surface area contributed by atoms with Crippen LogP contribution in [0.5, 0.6) is 0 Å². The first-order valence-corrected chi connectivity index (χ1v) is 16.5. The first kappa shape index (κ1) is 27.1. The van der Waals surface area contributed by atoms with E-state index in [2.05, 4.69) is 158 Å². The van der Waals surface area contributed by atoms with E-state index in [0.717, 1.165) is 60.9 Å². The summed E-state index contributed by atoms with van der Waals surface area (Å²) >= 11 is 0. The number of anilines is 3. The monoisotopic (exact) mass is 617 g/mol. The predicted molar refractivity (Wildman–Crippen MR) is 199 cm³/mol. The van der Waals surface area contributed by atoms with Gasteiger partial charge in [-0.05, 0) is 94.0 Å². The van der Waals surface area contributed by atoms with Crippen molar-refractivity contribution in [1.29, 1.82) is 0 Å². The third-order valence-corrected chi connectivity index (χ3v) is 10.3. The van der Waals surface area contributed by atoms with Gasteiger partial charge in [0.2, 0.25) is 0 Å². The minimum Gasteiger partial charge on any atom is -0.456 e. The molecule has 0 spiro atoms. The summed E-state index contributed by atoms with van der Waals surface area (Å²) in [5, 5.41) is 4.44. The molecule has 0 unspecified atom stereocenters. The second-order valence-corrected chi connectivity index (χ2v) is 13.3. The van der Waals surface area contributed by atoms with Crippen molar-refractivity contribution in [2.75, 3.05) is 4.90 Å². The van der Waals surface area contributed by atoms with Gasteiger partial charge in [0, 0.05) is 44.0 Å². The van der Waals surface area contributed by atoms with Crippen molar-refractivity contribution in [3.8, 4) is 22.3 Å². The highest BCUT2D eigenvalue weighted by atomic mass is 16.3. The summed E-state index contributed by atoms with van der Waals surface area (Å²) in [6.45, 7) is 4.68. The number of fused-ring (bicyclic) bond motifs is 9. The number of nitrogens with zero attached hydrogens (tertiary/aromatic N) is 1. The molecule has 3 nitrogen and oxygen atoms in total. The van der Waals surface area contributed by atoms with Crippen LogP contribution in [0, 0.1) is 0 Å². The number of para-hydroxylation sites is 1. The van der Waals surface area contributed by atoms with E-state index in [1.807, 2.05) is 12.1 Å². The Balaban J connectivity index is 1.22. The largest absolute Gasteiger partial charge is 0.456 e. The Labute approximate surface area is 278 Å². The maximum atomic E-state index is 6.45. The predicted octanol–water partition coefficient (Wildman–Crippen LogP) is 12.9. The SMILES string of the molecule is CC1(C)c2ccccc2-c2ccc(N(c3ccc4oc5ccccc5c4c3)c3ccc4oc5cccc(-c6ccccc6)c5c4c3)cc21. The lowest BCUT2D eigenvalue weighted by Crippen LogP contribution is -2.16. The van der Waals surface area contributed by atoms with Crippen molar-refractivity contribution in [2.45, 2.75) is 19.3 Å². The number of benzene rings is 7. The molecule has 1 aliphatic rings. The minimum absolute atomic E-state index is 0.117. The second-order valence-electron chi connectivity index (χ2n) is 13.3. The van der Waals surface area contributed by atoms with Gasteiger partial charge >= 0.3 is 0 Å². The quantitative estimate of drug-likeness (QED) is 0.197. The van der Waals surface area contributed by atoms with Gasteiger partial charge in [-0.25, -0.2) is 0 Å². The van der Waals surface area contributed by atoms with E-state index in [1.54, 1.807) is 0 Å². The van der Waals surface area contributed by atoms with Gasteiger partial charge in [0.15, 0.2) is 0 Å². The Bertz CT molecular complexity index is 2710. The molecule has 0 saturated carbocycles. The summed E-state index contributed by atoms with van der Waals surface area (Å²) < 4.78 is 12.7. The summed E-state index contributed by atoms with van der Waals surface area (Å²) in [5.41, 5.74) is 14.3. The highest BCUT2D eigenvalue weighted by Gasteiger charge is 2.35. The van der Waals surface area contributed by atoms with Crippen LogP contribution < -0.4 is 4.90 Å². The van der Waals surface area contributed by atoms with Crippen LogP contribution in [0.4, 0.5) is 17.1 Å². The zero-order chi connectivity index (χ0) is 32.0. The molecule has 0 N–H and O–H groups in total. The van der Waals surface area contributed by atoms with Gasteiger partial charge in [-0.3, -0.25) is 0 Å². The fourth-order valence-electron chi connectivity index (χ4n) is 7.94. The summed E-state index contributed by atoms with van der Waals surface area (Å²) in [7, 11) is 0. The van der Waals surface area contributed by atoms with Crippen LogP contribution in [-0.4, -0.2) is 0 Å². The van der Waals surface area contributed by atoms with Gasteiger partial charge in [0.05, 0.1) is 0 Å². The van der Waals surface area contributed by atoms with Gasteiger partial charge in [-0.15, -0.1) is 0 Å². The Morgan fingerprint density at radius 1 is 0.417 bits per heavy atom. The van der Waals surface area contributed by atoms with Crippen molar-refractivity contribution < 1.29 is 8.83 Å². The molecule has 0 radical (unpaired) electrons. The van der Waals surface area contributed by atoms with Crippen molar-refractivity contribution >= 4 is 60.9 Å². The number of rotatable bonds is 4. The Kier molecular flexibility index (Phi) is 5.63. The summed E-state index contributed by atoms with van der Waals surface area (Å²) in [6.07, 6.45) is 0. The molecule has 228 valence electrons. The topological polar surface area (TPSA) is 29.5 Å². The van der Waals surface area contributed by atoms with Gasteiger partial charge in [-0.2, -0.15) is 0 Å². The molecule has 7 aromatic carbocycles. The molecule has 2 heterocycles. The van der Waals surface area contributed by atoms with E-state index in [-0.39, 0.29) is 5.41 Å². The van der Waals surface area contributed by atoms with Crippen LogP contribution in [0.2, 0.25) is 0 Å². The summed E-state index contributed by atoms with van der Waals surface area (Å²) in [6, 6.07) is 54.1. The third-order valence-electron chi connectivity index (χ3n) is 10.3. The molecule has 3 heteroatoms. The van der Waals surface area contributed by atoms with E-state index in [9.17, 15) is 0 Å². The molecule has 1 aliphatic carbocycles. The maximum absolute atomic E-state index is 6.45. The lowest BCUT2D eigenvalue weighted by molar-refractivity contribution is 0.660. The van der Waals surface area contributed by atoms with Crippen LogP contribution in [0.15, 0.2) is 160 Å². The Hall–Kier alpha value is -6.06. The fraction of sp³-hybridized carbons (Fsp3) is 0.0667. The van der Waals surface area contributed by atoms with Gasteiger partial charge in [0.1, 0.15) is 22.3 Å². The van der Waals surface area contributed by atoms with Crippen molar-refractivity contribution in [1.82, 2.24) is 0 Å². The first-order chi connectivity index (χ1) is 23.5. The second kappa shape index (κ2) is 9.97. The van der Waals surface area contributed by atoms with Gasteiger partial charge < -0.3 is 13.7 Å². The molecule has 48 heavy (non-hydrogen) atoms. The van der Waals surface area contributed by atoms with Crippen molar-refractivity contribution in [3.63, 3.8) is 0 Å². The molecule has 10 rings (SSSR count). The summed E-state index contributed by atoms with van der Waals surface area (Å²) in [4.78, 5) is 2.38. The average Bonchev–Trinajstić information content (AvgIpc) is 3.76. The maximum Gasteiger partial charge on any atom is 0.136 e. The first-order valence-electron chi connectivity index (χ1n) is 16.5. The molecule has 9 aromatic rings. The van der Waals surface area contributed by atoms with Gasteiger partial charge in [-0.1, -0.05) is 105 Å². The van der Waals surface area contributed by atoms with Crippen LogP contribution >= 0.6 is 0 Å². The zero-order valence-electron chi connectivity index (χ0n) is 26.7. The van der Waals surface area contributed by atoms with Crippen LogP contribution in [-0.2, 0) is 5.41 Å². The Morgan fingerprint density at radius 3 is 1.85 bits per heavy atom. The molecule has 0 fully saturated rings. The van der Waals surface area contributed by atoms with Crippen LogP contribution in [0.1, 0.15) is 25.0 Å². The third kappa shape index (κ3) is 3.88. The molecule has 0 aliphatic heterocycles. The smallest absolute Gasteiger partial charge is 0.136 e. The number of hydrogen-bond donors (Lipinski definition) is 0. The van der Waals surface area contributed by atoms with Crippen molar-refractivity contribution in [3.05, 3.63) is 163 Å². The molecule has 0 amide bonds. The lowest BCUT2D eigenvalue weighted by Gasteiger charge is -2.28. The highest BCUT2D eigenvalue weighted by Crippen LogP contribution is 2.51.